The molecular weight excluding hydrogens is 324 g/mol. The second-order valence-corrected chi connectivity index (χ2v) is 8.05. The largest absolute Gasteiger partial charge is 0.354 e. The quantitative estimate of drug-likeness (QED) is 0.849. The van der Waals surface area contributed by atoms with Crippen molar-refractivity contribution < 1.29 is 4.79 Å². The van der Waals surface area contributed by atoms with Crippen LogP contribution in [-0.2, 0) is 4.79 Å². The summed E-state index contributed by atoms with van der Waals surface area (Å²) < 4.78 is 0. The summed E-state index contributed by atoms with van der Waals surface area (Å²) >= 11 is 0. The van der Waals surface area contributed by atoms with Crippen LogP contribution in [0, 0.1) is 5.92 Å². The number of carbonyl (C=O) groups excluding carboxylic acids is 1. The Bertz CT molecular complexity index is 548. The molecule has 0 aliphatic carbocycles. The highest BCUT2D eigenvalue weighted by Gasteiger charge is 2.28. The lowest BCUT2D eigenvalue weighted by atomic mass is 9.95. The third-order valence-corrected chi connectivity index (χ3v) is 6.00. The number of hydrogen-bond acceptors (Lipinski definition) is 4. The Labute approximate surface area is 158 Å². The van der Waals surface area contributed by atoms with E-state index >= 15 is 0 Å². The fraction of sp³-hybridized carbons (Fsp3) is 0.714. The Hall–Kier alpha value is -1.46. The van der Waals surface area contributed by atoms with Crippen LogP contribution in [0.4, 0.5) is 0 Å². The van der Waals surface area contributed by atoms with E-state index in [1.165, 1.54) is 24.8 Å². The van der Waals surface area contributed by atoms with Gasteiger partial charge in [0.15, 0.2) is 0 Å². The van der Waals surface area contributed by atoms with Gasteiger partial charge in [-0.1, -0.05) is 12.5 Å². The van der Waals surface area contributed by atoms with E-state index in [9.17, 15) is 4.79 Å². The summed E-state index contributed by atoms with van der Waals surface area (Å²) in [7, 11) is 0. The molecule has 1 atom stereocenters. The normalized spacial score (nSPS) is 21.7. The Kier molecular flexibility index (Phi) is 7.03. The van der Waals surface area contributed by atoms with E-state index in [2.05, 4.69) is 40.0 Å². The third kappa shape index (κ3) is 5.04. The first-order valence-electron chi connectivity index (χ1n) is 10.3. The first-order chi connectivity index (χ1) is 12.6. The van der Waals surface area contributed by atoms with Gasteiger partial charge in [0.1, 0.15) is 0 Å². The summed E-state index contributed by atoms with van der Waals surface area (Å²) in [4.78, 5) is 22.0. The molecule has 26 heavy (non-hydrogen) atoms. The summed E-state index contributed by atoms with van der Waals surface area (Å²) in [6.07, 6.45) is 9.54. The van der Waals surface area contributed by atoms with Crippen molar-refractivity contribution in [2.75, 3.05) is 32.7 Å². The van der Waals surface area contributed by atoms with Gasteiger partial charge in [-0.15, -0.1) is 0 Å². The first kappa shape index (κ1) is 19.3. The van der Waals surface area contributed by atoms with Gasteiger partial charge >= 0.3 is 0 Å². The van der Waals surface area contributed by atoms with E-state index < -0.39 is 0 Å². The maximum atomic E-state index is 12.7. The zero-order valence-corrected chi connectivity index (χ0v) is 16.4. The SMILES string of the molecule is CC(C)N1CCC(C(=O)NC[C@H](c2cccnc2)N2CCCCC2)CC1. The first-order valence-corrected chi connectivity index (χ1v) is 10.3. The lowest BCUT2D eigenvalue weighted by molar-refractivity contribution is -0.126. The van der Waals surface area contributed by atoms with Gasteiger partial charge in [0.2, 0.25) is 5.91 Å². The summed E-state index contributed by atoms with van der Waals surface area (Å²) in [5, 5.41) is 3.27. The van der Waals surface area contributed by atoms with Crippen LogP contribution in [0.5, 0.6) is 0 Å². The van der Waals surface area contributed by atoms with Crippen LogP contribution in [0.15, 0.2) is 24.5 Å². The molecule has 0 unspecified atom stereocenters. The number of nitrogens with one attached hydrogen (secondary N) is 1. The minimum absolute atomic E-state index is 0.168. The molecule has 1 N–H and O–H groups in total. The minimum Gasteiger partial charge on any atom is -0.354 e. The maximum Gasteiger partial charge on any atom is 0.223 e. The molecule has 2 saturated heterocycles. The molecule has 0 saturated carbocycles. The topological polar surface area (TPSA) is 48.5 Å². The third-order valence-electron chi connectivity index (χ3n) is 6.00. The molecule has 0 radical (unpaired) electrons. The molecule has 1 aromatic heterocycles. The smallest absolute Gasteiger partial charge is 0.223 e. The average Bonchev–Trinajstić information content (AvgIpc) is 2.69. The number of likely N-dealkylation sites (tertiary alicyclic amines) is 2. The molecule has 2 aliphatic heterocycles. The maximum absolute atomic E-state index is 12.7. The van der Waals surface area contributed by atoms with Gasteiger partial charge in [0.05, 0.1) is 6.04 Å². The van der Waals surface area contributed by atoms with Crippen LogP contribution >= 0.6 is 0 Å². The van der Waals surface area contributed by atoms with Crippen molar-refractivity contribution >= 4 is 5.91 Å². The second kappa shape index (κ2) is 9.47. The molecule has 1 aromatic rings. The average molecular weight is 359 g/mol. The van der Waals surface area contributed by atoms with Gasteiger partial charge in [-0.25, -0.2) is 0 Å². The van der Waals surface area contributed by atoms with Crippen molar-refractivity contribution in [3.05, 3.63) is 30.1 Å². The van der Waals surface area contributed by atoms with Crippen molar-refractivity contribution in [2.24, 2.45) is 5.92 Å². The fourth-order valence-corrected chi connectivity index (χ4v) is 4.28. The zero-order valence-electron chi connectivity index (χ0n) is 16.4. The highest BCUT2D eigenvalue weighted by molar-refractivity contribution is 5.78. The molecule has 3 rings (SSSR count). The van der Waals surface area contributed by atoms with Gasteiger partial charge < -0.3 is 10.2 Å². The molecule has 144 valence electrons. The van der Waals surface area contributed by atoms with E-state index in [0.29, 0.717) is 12.6 Å². The standard InChI is InChI=1S/C21H34N4O/c1-17(2)24-13-8-18(9-14-24)21(26)23-16-20(19-7-6-10-22-15-19)25-11-4-3-5-12-25/h6-7,10,15,17-18,20H,3-5,8-9,11-14,16H2,1-2H3,(H,23,26)/t20-/m1/s1. The second-order valence-electron chi connectivity index (χ2n) is 8.05. The summed E-state index contributed by atoms with van der Waals surface area (Å²) in [5.41, 5.74) is 1.21. The van der Waals surface area contributed by atoms with Crippen molar-refractivity contribution in [1.82, 2.24) is 20.1 Å². The number of aromatic nitrogens is 1. The van der Waals surface area contributed by atoms with Crippen LogP contribution in [-0.4, -0.2) is 59.5 Å². The summed E-state index contributed by atoms with van der Waals surface area (Å²) in [6.45, 7) is 9.45. The Morgan fingerprint density at radius 3 is 2.50 bits per heavy atom. The van der Waals surface area contributed by atoms with E-state index in [1.807, 2.05) is 18.5 Å². The van der Waals surface area contributed by atoms with E-state index in [4.69, 9.17) is 0 Å². The minimum atomic E-state index is 0.168. The van der Waals surface area contributed by atoms with Crippen LogP contribution < -0.4 is 5.32 Å². The van der Waals surface area contributed by atoms with Crippen molar-refractivity contribution in [3.8, 4) is 0 Å². The Balaban J connectivity index is 1.56. The van der Waals surface area contributed by atoms with Crippen LogP contribution in [0.25, 0.3) is 0 Å². The van der Waals surface area contributed by atoms with E-state index in [1.54, 1.807) is 0 Å². The Morgan fingerprint density at radius 1 is 1.15 bits per heavy atom. The highest BCUT2D eigenvalue weighted by Crippen LogP contribution is 2.24. The lowest BCUT2D eigenvalue weighted by Gasteiger charge is -2.36. The van der Waals surface area contributed by atoms with E-state index in [-0.39, 0.29) is 17.9 Å². The number of pyridine rings is 1. The van der Waals surface area contributed by atoms with Gasteiger partial charge in [-0.2, -0.15) is 0 Å². The number of hydrogen-bond donors (Lipinski definition) is 1. The molecule has 0 bridgehead atoms. The predicted molar refractivity (Wildman–Crippen MR) is 105 cm³/mol. The number of piperidine rings is 2. The fourth-order valence-electron chi connectivity index (χ4n) is 4.28. The predicted octanol–water partition coefficient (Wildman–Crippen LogP) is 2.85. The number of carbonyl (C=O) groups is 1. The zero-order chi connectivity index (χ0) is 18.4. The van der Waals surface area contributed by atoms with Gasteiger partial charge in [-0.3, -0.25) is 14.7 Å². The van der Waals surface area contributed by atoms with Gasteiger partial charge in [-0.05, 0) is 77.3 Å². The van der Waals surface area contributed by atoms with Gasteiger partial charge in [0, 0.05) is 30.9 Å². The number of amides is 1. The van der Waals surface area contributed by atoms with Crippen molar-refractivity contribution in [3.63, 3.8) is 0 Å². The van der Waals surface area contributed by atoms with Crippen LogP contribution in [0.3, 0.4) is 0 Å². The lowest BCUT2D eigenvalue weighted by Crippen LogP contribution is -2.45. The molecule has 5 nitrogen and oxygen atoms in total. The molecule has 0 aromatic carbocycles. The van der Waals surface area contributed by atoms with Crippen LogP contribution in [0.1, 0.15) is 57.6 Å². The highest BCUT2D eigenvalue weighted by atomic mass is 16.1. The number of rotatable bonds is 6. The van der Waals surface area contributed by atoms with Crippen molar-refractivity contribution in [1.29, 1.82) is 0 Å². The van der Waals surface area contributed by atoms with Crippen LogP contribution in [0.2, 0.25) is 0 Å². The summed E-state index contributed by atoms with van der Waals surface area (Å²) in [6, 6.07) is 4.95. The van der Waals surface area contributed by atoms with Crippen molar-refractivity contribution in [2.45, 2.75) is 58.0 Å². The molecular formula is C21H34N4O. The molecule has 5 heteroatoms. The van der Waals surface area contributed by atoms with E-state index in [0.717, 1.165) is 39.0 Å². The van der Waals surface area contributed by atoms with Gasteiger partial charge in [0.25, 0.3) is 0 Å². The number of nitrogens with zero attached hydrogens (tertiary/aromatic N) is 3. The molecule has 1 amide bonds. The Morgan fingerprint density at radius 2 is 1.88 bits per heavy atom. The monoisotopic (exact) mass is 358 g/mol. The summed E-state index contributed by atoms with van der Waals surface area (Å²) in [5.74, 6) is 0.403. The molecule has 0 spiro atoms. The molecule has 2 fully saturated rings. The molecule has 2 aliphatic rings. The molecule has 3 heterocycles.